The molecule has 0 radical (unpaired) electrons. The standard InChI is InChI=1S/C16H25NOS/c1-3-16-11-18-13(2)9-17(16)10-15(12-19)14-7-5-4-6-8-14/h4-8,13,15-16,19H,3,9-12H2,1-2H3. The van der Waals surface area contributed by atoms with Crippen molar-refractivity contribution in [3.05, 3.63) is 35.9 Å². The first kappa shape index (κ1) is 14.9. The van der Waals surface area contributed by atoms with Crippen molar-refractivity contribution in [1.29, 1.82) is 0 Å². The van der Waals surface area contributed by atoms with Gasteiger partial charge in [0.2, 0.25) is 0 Å². The number of thiol groups is 1. The van der Waals surface area contributed by atoms with Gasteiger partial charge >= 0.3 is 0 Å². The molecule has 0 spiro atoms. The number of rotatable bonds is 5. The summed E-state index contributed by atoms with van der Waals surface area (Å²) in [6.07, 6.45) is 1.50. The summed E-state index contributed by atoms with van der Waals surface area (Å²) in [7, 11) is 0. The van der Waals surface area contributed by atoms with E-state index in [0.717, 1.165) is 31.9 Å². The molecule has 106 valence electrons. The van der Waals surface area contributed by atoms with Crippen molar-refractivity contribution >= 4 is 12.6 Å². The summed E-state index contributed by atoms with van der Waals surface area (Å²) in [6.45, 7) is 7.40. The topological polar surface area (TPSA) is 12.5 Å². The molecule has 0 N–H and O–H groups in total. The molecule has 3 atom stereocenters. The first-order valence-electron chi connectivity index (χ1n) is 7.26. The maximum absolute atomic E-state index is 5.77. The van der Waals surface area contributed by atoms with Gasteiger partial charge in [-0.05, 0) is 24.7 Å². The van der Waals surface area contributed by atoms with E-state index in [1.54, 1.807) is 0 Å². The van der Waals surface area contributed by atoms with E-state index in [4.69, 9.17) is 4.74 Å². The lowest BCUT2D eigenvalue weighted by Crippen LogP contribution is -2.50. The summed E-state index contributed by atoms with van der Waals surface area (Å²) in [6, 6.07) is 11.3. The molecule has 3 unspecified atom stereocenters. The molecule has 1 aliphatic heterocycles. The van der Waals surface area contributed by atoms with Crippen LogP contribution in [-0.4, -0.2) is 42.5 Å². The van der Waals surface area contributed by atoms with Crippen LogP contribution in [0.25, 0.3) is 0 Å². The zero-order valence-corrected chi connectivity index (χ0v) is 12.9. The number of hydrogen-bond acceptors (Lipinski definition) is 3. The third-order valence-electron chi connectivity index (χ3n) is 4.00. The highest BCUT2D eigenvalue weighted by Crippen LogP contribution is 2.23. The van der Waals surface area contributed by atoms with Gasteiger partial charge in [0, 0.05) is 25.0 Å². The van der Waals surface area contributed by atoms with Crippen molar-refractivity contribution in [2.75, 3.05) is 25.4 Å². The molecule has 0 saturated carbocycles. The summed E-state index contributed by atoms with van der Waals surface area (Å²) in [5.41, 5.74) is 1.39. The zero-order valence-electron chi connectivity index (χ0n) is 12.0. The van der Waals surface area contributed by atoms with Crippen LogP contribution < -0.4 is 0 Å². The maximum Gasteiger partial charge on any atom is 0.0674 e. The molecule has 0 aromatic heterocycles. The van der Waals surface area contributed by atoms with Gasteiger partial charge in [0.05, 0.1) is 12.7 Å². The minimum absolute atomic E-state index is 0.346. The summed E-state index contributed by atoms with van der Waals surface area (Å²) in [5, 5.41) is 0. The lowest BCUT2D eigenvalue weighted by molar-refractivity contribution is -0.0570. The number of nitrogens with zero attached hydrogens (tertiary/aromatic N) is 1. The van der Waals surface area contributed by atoms with E-state index in [0.29, 0.717) is 18.1 Å². The van der Waals surface area contributed by atoms with Gasteiger partial charge in [0.25, 0.3) is 0 Å². The average Bonchev–Trinajstić information content (AvgIpc) is 2.46. The fourth-order valence-electron chi connectivity index (χ4n) is 2.79. The second-order valence-electron chi connectivity index (χ2n) is 5.45. The van der Waals surface area contributed by atoms with E-state index in [1.165, 1.54) is 5.56 Å². The molecule has 0 bridgehead atoms. The molecule has 2 rings (SSSR count). The normalized spacial score (nSPS) is 26.3. The third kappa shape index (κ3) is 3.98. The Morgan fingerprint density at radius 1 is 1.37 bits per heavy atom. The molecule has 3 heteroatoms. The quantitative estimate of drug-likeness (QED) is 0.831. The van der Waals surface area contributed by atoms with E-state index in [9.17, 15) is 0 Å². The van der Waals surface area contributed by atoms with Crippen molar-refractivity contribution in [2.45, 2.75) is 38.3 Å². The monoisotopic (exact) mass is 279 g/mol. The molecule has 1 aliphatic rings. The van der Waals surface area contributed by atoms with E-state index in [1.807, 2.05) is 0 Å². The molecular formula is C16H25NOS. The van der Waals surface area contributed by atoms with Crippen LogP contribution in [0.5, 0.6) is 0 Å². The Morgan fingerprint density at radius 2 is 2.11 bits per heavy atom. The highest BCUT2D eigenvalue weighted by atomic mass is 32.1. The second-order valence-corrected chi connectivity index (χ2v) is 5.82. The maximum atomic E-state index is 5.77. The summed E-state index contributed by atoms with van der Waals surface area (Å²) >= 11 is 4.55. The minimum Gasteiger partial charge on any atom is -0.376 e. The Kier molecular flexibility index (Phi) is 5.74. The van der Waals surface area contributed by atoms with Gasteiger partial charge in [-0.15, -0.1) is 0 Å². The molecule has 1 heterocycles. The van der Waals surface area contributed by atoms with Gasteiger partial charge in [0.1, 0.15) is 0 Å². The van der Waals surface area contributed by atoms with Gasteiger partial charge in [0.15, 0.2) is 0 Å². The van der Waals surface area contributed by atoms with E-state index >= 15 is 0 Å². The largest absolute Gasteiger partial charge is 0.376 e. The molecular weight excluding hydrogens is 254 g/mol. The highest BCUT2D eigenvalue weighted by molar-refractivity contribution is 7.80. The first-order chi connectivity index (χ1) is 9.24. The Morgan fingerprint density at radius 3 is 2.74 bits per heavy atom. The Bertz CT molecular complexity index is 370. The first-order valence-corrected chi connectivity index (χ1v) is 7.89. The van der Waals surface area contributed by atoms with Crippen molar-refractivity contribution in [2.24, 2.45) is 0 Å². The van der Waals surface area contributed by atoms with Crippen LogP contribution in [0.1, 0.15) is 31.7 Å². The van der Waals surface area contributed by atoms with Crippen molar-refractivity contribution in [3.63, 3.8) is 0 Å². The second kappa shape index (κ2) is 7.32. The Labute approximate surface area is 122 Å². The van der Waals surface area contributed by atoms with Crippen LogP contribution in [0.4, 0.5) is 0 Å². The Balaban J connectivity index is 2.04. The van der Waals surface area contributed by atoms with Crippen LogP contribution in [0.3, 0.4) is 0 Å². The SMILES string of the molecule is CCC1COC(C)CN1CC(CS)c1ccccc1. The van der Waals surface area contributed by atoms with Crippen molar-refractivity contribution < 1.29 is 4.74 Å². The average molecular weight is 279 g/mol. The molecule has 1 fully saturated rings. The van der Waals surface area contributed by atoms with Crippen LogP contribution in [0.2, 0.25) is 0 Å². The number of morpholine rings is 1. The van der Waals surface area contributed by atoms with E-state index in [-0.39, 0.29) is 0 Å². The number of hydrogen-bond donors (Lipinski definition) is 1. The molecule has 0 aliphatic carbocycles. The van der Waals surface area contributed by atoms with Crippen LogP contribution in [-0.2, 0) is 4.74 Å². The zero-order chi connectivity index (χ0) is 13.7. The molecule has 19 heavy (non-hydrogen) atoms. The van der Waals surface area contributed by atoms with Crippen molar-refractivity contribution in [3.8, 4) is 0 Å². The number of ether oxygens (including phenoxy) is 1. The van der Waals surface area contributed by atoms with Gasteiger partial charge < -0.3 is 4.74 Å². The van der Waals surface area contributed by atoms with Gasteiger partial charge in [-0.3, -0.25) is 4.90 Å². The smallest absolute Gasteiger partial charge is 0.0674 e. The molecule has 1 aromatic carbocycles. The molecule has 2 nitrogen and oxygen atoms in total. The van der Waals surface area contributed by atoms with Crippen LogP contribution >= 0.6 is 12.6 Å². The Hall–Kier alpha value is -0.510. The van der Waals surface area contributed by atoms with E-state index in [2.05, 4.69) is 61.7 Å². The van der Waals surface area contributed by atoms with Crippen LogP contribution in [0.15, 0.2) is 30.3 Å². The molecule has 1 saturated heterocycles. The van der Waals surface area contributed by atoms with Gasteiger partial charge in [-0.1, -0.05) is 37.3 Å². The predicted octanol–water partition coefficient (Wildman–Crippen LogP) is 3.20. The molecule has 0 amide bonds. The molecule has 1 aromatic rings. The van der Waals surface area contributed by atoms with Crippen LogP contribution in [0, 0.1) is 0 Å². The third-order valence-corrected chi connectivity index (χ3v) is 4.44. The lowest BCUT2D eigenvalue weighted by atomic mass is 9.98. The number of benzene rings is 1. The van der Waals surface area contributed by atoms with Gasteiger partial charge in [-0.25, -0.2) is 0 Å². The summed E-state index contributed by atoms with van der Waals surface area (Å²) in [5.74, 6) is 1.40. The van der Waals surface area contributed by atoms with Gasteiger partial charge in [-0.2, -0.15) is 12.6 Å². The lowest BCUT2D eigenvalue weighted by Gasteiger charge is -2.40. The summed E-state index contributed by atoms with van der Waals surface area (Å²) in [4.78, 5) is 2.59. The summed E-state index contributed by atoms with van der Waals surface area (Å²) < 4.78 is 5.77. The van der Waals surface area contributed by atoms with Crippen molar-refractivity contribution in [1.82, 2.24) is 4.90 Å². The fourth-order valence-corrected chi connectivity index (χ4v) is 3.12. The minimum atomic E-state index is 0.346. The predicted molar refractivity (Wildman–Crippen MR) is 84.1 cm³/mol. The van der Waals surface area contributed by atoms with E-state index < -0.39 is 0 Å². The highest BCUT2D eigenvalue weighted by Gasteiger charge is 2.27. The fraction of sp³-hybridized carbons (Fsp3) is 0.625.